The number of nitriles is 1. The molecule has 3 amide bonds. The van der Waals surface area contributed by atoms with Crippen molar-refractivity contribution >= 4 is 29.8 Å². The number of nitrogens with zero attached hydrogens (tertiary/aromatic N) is 3. The number of primary amides is 1. The first-order chi connectivity index (χ1) is 12.7. The molecule has 0 bridgehead atoms. The first kappa shape index (κ1) is 24.0. The SMILES string of the molecule is CC(C)(C)OC(=O)/N=C/CCCCNC(=O)CCCO/N=C(/C#N)C(N)=O. The van der Waals surface area contributed by atoms with E-state index in [0.29, 0.717) is 19.4 Å². The van der Waals surface area contributed by atoms with Crippen LogP contribution in [-0.4, -0.2) is 48.6 Å². The highest BCUT2D eigenvalue weighted by Crippen LogP contribution is 2.07. The third-order valence-corrected chi connectivity index (χ3v) is 2.81. The van der Waals surface area contributed by atoms with E-state index in [0.717, 1.165) is 12.8 Å². The van der Waals surface area contributed by atoms with E-state index in [1.54, 1.807) is 20.8 Å². The maximum absolute atomic E-state index is 11.6. The average Bonchev–Trinajstić information content (AvgIpc) is 2.55. The van der Waals surface area contributed by atoms with E-state index in [2.05, 4.69) is 15.5 Å². The number of carbonyl (C=O) groups excluding carboxylic acids is 3. The highest BCUT2D eigenvalue weighted by molar-refractivity contribution is 6.44. The zero-order valence-electron chi connectivity index (χ0n) is 16.0. The fourth-order valence-corrected chi connectivity index (χ4v) is 1.63. The second kappa shape index (κ2) is 13.3. The van der Waals surface area contributed by atoms with Gasteiger partial charge in [0.1, 0.15) is 18.3 Å². The van der Waals surface area contributed by atoms with Gasteiger partial charge in [-0.05, 0) is 46.5 Å². The maximum atomic E-state index is 11.6. The summed E-state index contributed by atoms with van der Waals surface area (Å²) in [5, 5.41) is 14.6. The Morgan fingerprint density at radius 2 is 1.93 bits per heavy atom. The largest absolute Gasteiger partial charge is 0.442 e. The Labute approximate surface area is 158 Å². The summed E-state index contributed by atoms with van der Waals surface area (Å²) in [5.41, 5.74) is 3.80. The number of ether oxygens (including phenoxy) is 1. The lowest BCUT2D eigenvalue weighted by Crippen LogP contribution is -2.24. The van der Waals surface area contributed by atoms with Crippen LogP contribution in [0, 0.1) is 11.3 Å². The van der Waals surface area contributed by atoms with Crippen molar-refractivity contribution < 1.29 is 24.0 Å². The zero-order chi connectivity index (χ0) is 20.7. The number of hydrogen-bond donors (Lipinski definition) is 2. The lowest BCUT2D eigenvalue weighted by atomic mass is 10.2. The summed E-state index contributed by atoms with van der Waals surface area (Å²) in [6, 6.07) is 1.50. The van der Waals surface area contributed by atoms with Crippen LogP contribution < -0.4 is 11.1 Å². The van der Waals surface area contributed by atoms with Crippen LogP contribution in [-0.2, 0) is 19.2 Å². The highest BCUT2D eigenvalue weighted by atomic mass is 16.6. The van der Waals surface area contributed by atoms with Crippen molar-refractivity contribution in [3.63, 3.8) is 0 Å². The molecule has 27 heavy (non-hydrogen) atoms. The summed E-state index contributed by atoms with van der Waals surface area (Å²) in [6.07, 6.45) is 3.65. The van der Waals surface area contributed by atoms with Gasteiger partial charge in [-0.1, -0.05) is 5.16 Å². The summed E-state index contributed by atoms with van der Waals surface area (Å²) in [5.74, 6) is -1.10. The molecule has 0 aromatic rings. The molecule has 3 N–H and O–H groups in total. The van der Waals surface area contributed by atoms with Crippen LogP contribution in [0.1, 0.15) is 52.9 Å². The van der Waals surface area contributed by atoms with Gasteiger partial charge in [0.15, 0.2) is 0 Å². The smallest absolute Gasteiger partial charge is 0.433 e. The molecule has 0 fully saturated rings. The summed E-state index contributed by atoms with van der Waals surface area (Å²) in [7, 11) is 0. The van der Waals surface area contributed by atoms with Crippen LogP contribution >= 0.6 is 0 Å². The highest BCUT2D eigenvalue weighted by Gasteiger charge is 2.14. The number of nitrogens with two attached hydrogens (primary N) is 1. The zero-order valence-corrected chi connectivity index (χ0v) is 16.0. The fraction of sp³-hybridized carbons (Fsp3) is 0.647. The number of rotatable bonds is 11. The van der Waals surface area contributed by atoms with Gasteiger partial charge in [0.2, 0.25) is 11.6 Å². The third-order valence-electron chi connectivity index (χ3n) is 2.81. The number of nitrogens with one attached hydrogen (secondary N) is 1. The molecule has 0 aliphatic rings. The average molecular weight is 381 g/mol. The Kier molecular flexibility index (Phi) is 11.8. The van der Waals surface area contributed by atoms with Gasteiger partial charge in [-0.3, -0.25) is 9.59 Å². The Hall–Kier alpha value is -2.96. The van der Waals surface area contributed by atoms with Gasteiger partial charge in [0, 0.05) is 19.2 Å². The van der Waals surface area contributed by atoms with Gasteiger partial charge < -0.3 is 20.6 Å². The van der Waals surface area contributed by atoms with Crippen LogP contribution in [0.15, 0.2) is 10.1 Å². The number of hydrogen-bond acceptors (Lipinski definition) is 7. The van der Waals surface area contributed by atoms with E-state index in [-0.39, 0.29) is 18.9 Å². The van der Waals surface area contributed by atoms with Crippen molar-refractivity contribution in [2.75, 3.05) is 13.2 Å². The van der Waals surface area contributed by atoms with Crippen molar-refractivity contribution in [3.8, 4) is 6.07 Å². The molecule has 0 atom stereocenters. The number of amides is 3. The minimum absolute atomic E-state index is 0.0903. The molecule has 0 radical (unpaired) electrons. The molecule has 0 saturated carbocycles. The molecule has 0 spiro atoms. The number of aliphatic imine (C=N–C) groups is 1. The van der Waals surface area contributed by atoms with E-state index in [4.69, 9.17) is 20.6 Å². The van der Waals surface area contributed by atoms with Gasteiger partial charge in [-0.2, -0.15) is 10.3 Å². The van der Waals surface area contributed by atoms with Crippen molar-refractivity contribution in [1.82, 2.24) is 5.32 Å². The standard InChI is InChI=1S/C17H27N5O5/c1-17(2,3)27-16(25)21-10-6-4-5-9-20-14(23)8-7-11-26-22-13(12-18)15(19)24/h10H,4-9,11H2,1-3H3,(H2,19,24)(H,20,23)/b21-10+,22-13-. The Bertz CT molecular complexity index is 602. The molecule has 0 aliphatic carbocycles. The summed E-state index contributed by atoms with van der Waals surface area (Å²) in [6.45, 7) is 5.92. The molecule has 0 aromatic heterocycles. The monoisotopic (exact) mass is 381 g/mol. The van der Waals surface area contributed by atoms with Crippen LogP contribution in [0.4, 0.5) is 4.79 Å². The van der Waals surface area contributed by atoms with Crippen LogP contribution in [0.2, 0.25) is 0 Å². The van der Waals surface area contributed by atoms with Gasteiger partial charge in [-0.15, -0.1) is 0 Å². The van der Waals surface area contributed by atoms with E-state index in [1.165, 1.54) is 12.3 Å². The predicted octanol–water partition coefficient (Wildman–Crippen LogP) is 1.44. The van der Waals surface area contributed by atoms with E-state index < -0.39 is 23.3 Å². The van der Waals surface area contributed by atoms with Gasteiger partial charge >= 0.3 is 6.09 Å². The first-order valence-corrected chi connectivity index (χ1v) is 8.57. The predicted molar refractivity (Wildman–Crippen MR) is 99.0 cm³/mol. The molecule has 150 valence electrons. The fourth-order valence-electron chi connectivity index (χ4n) is 1.63. The normalized spacial score (nSPS) is 11.7. The lowest BCUT2D eigenvalue weighted by molar-refractivity contribution is -0.121. The van der Waals surface area contributed by atoms with Crippen molar-refractivity contribution in [2.45, 2.75) is 58.5 Å². The molecule has 0 aliphatic heterocycles. The molecule has 0 saturated heterocycles. The summed E-state index contributed by atoms with van der Waals surface area (Å²) in [4.78, 5) is 42.1. The van der Waals surface area contributed by atoms with Crippen molar-refractivity contribution in [2.24, 2.45) is 15.9 Å². The van der Waals surface area contributed by atoms with Crippen LogP contribution in [0.25, 0.3) is 0 Å². The third kappa shape index (κ3) is 15.0. The molecule has 10 heteroatoms. The molecule has 0 unspecified atom stereocenters. The summed E-state index contributed by atoms with van der Waals surface area (Å²) < 4.78 is 5.03. The number of carbonyl (C=O) groups is 3. The molecule has 0 heterocycles. The minimum atomic E-state index is -0.966. The van der Waals surface area contributed by atoms with E-state index in [1.807, 2.05) is 0 Å². The maximum Gasteiger partial charge on any atom is 0.433 e. The Balaban J connectivity index is 3.69. The Morgan fingerprint density at radius 1 is 1.22 bits per heavy atom. The topological polar surface area (TPSA) is 156 Å². The first-order valence-electron chi connectivity index (χ1n) is 8.57. The van der Waals surface area contributed by atoms with Crippen molar-refractivity contribution in [3.05, 3.63) is 0 Å². The van der Waals surface area contributed by atoms with Gasteiger partial charge in [-0.25, -0.2) is 4.79 Å². The molecule has 10 nitrogen and oxygen atoms in total. The second-order valence-corrected chi connectivity index (χ2v) is 6.49. The summed E-state index contributed by atoms with van der Waals surface area (Å²) >= 11 is 0. The van der Waals surface area contributed by atoms with E-state index in [9.17, 15) is 14.4 Å². The lowest BCUT2D eigenvalue weighted by Gasteiger charge is -2.17. The number of oxime groups is 1. The van der Waals surface area contributed by atoms with Crippen molar-refractivity contribution in [1.29, 1.82) is 5.26 Å². The molecular formula is C17H27N5O5. The van der Waals surface area contributed by atoms with E-state index >= 15 is 0 Å². The number of unbranched alkanes of at least 4 members (excludes halogenated alkanes) is 2. The quantitative estimate of drug-likeness (QED) is 0.313. The molecular weight excluding hydrogens is 354 g/mol. The molecule has 0 aromatic carbocycles. The minimum Gasteiger partial charge on any atom is -0.442 e. The van der Waals surface area contributed by atoms with Gasteiger partial charge in [0.25, 0.3) is 5.91 Å². The second-order valence-electron chi connectivity index (χ2n) is 6.49. The van der Waals surface area contributed by atoms with Gasteiger partial charge in [0.05, 0.1) is 0 Å². The van der Waals surface area contributed by atoms with Crippen LogP contribution in [0.3, 0.4) is 0 Å². The Morgan fingerprint density at radius 3 is 2.52 bits per heavy atom. The van der Waals surface area contributed by atoms with Crippen LogP contribution in [0.5, 0.6) is 0 Å². The molecule has 0 rings (SSSR count).